The highest BCUT2D eigenvalue weighted by Gasteiger charge is 2.16. The molecule has 1 atom stereocenters. The van der Waals surface area contributed by atoms with Crippen LogP contribution in [0, 0.1) is 0 Å². The molecule has 6 nitrogen and oxygen atoms in total. The van der Waals surface area contributed by atoms with E-state index >= 15 is 0 Å². The molecule has 0 aromatic carbocycles. The van der Waals surface area contributed by atoms with Crippen LogP contribution in [-0.2, 0) is 4.74 Å². The second kappa shape index (κ2) is 7.04. The van der Waals surface area contributed by atoms with Crippen LogP contribution < -0.4 is 10.6 Å². The van der Waals surface area contributed by atoms with Gasteiger partial charge in [0.2, 0.25) is 5.95 Å². The number of anilines is 1. The van der Waals surface area contributed by atoms with E-state index in [0.717, 1.165) is 32.4 Å². The molecule has 1 unspecified atom stereocenters. The van der Waals surface area contributed by atoms with Crippen LogP contribution in [-0.4, -0.2) is 41.7 Å². The molecule has 1 saturated heterocycles. The molecule has 1 amide bonds. The lowest BCUT2D eigenvalue weighted by Crippen LogP contribution is -2.31. The van der Waals surface area contributed by atoms with Crippen LogP contribution in [0.25, 0.3) is 0 Å². The minimum absolute atomic E-state index is 0.148. The van der Waals surface area contributed by atoms with Gasteiger partial charge in [-0.05, 0) is 19.3 Å². The number of carbonyl (C=O) groups excluding carboxylic acids is 1. The summed E-state index contributed by atoms with van der Waals surface area (Å²) < 4.78 is 5.45. The highest BCUT2D eigenvalue weighted by atomic mass is 16.5. The Bertz CT molecular complexity index is 402. The first-order chi connectivity index (χ1) is 9.29. The van der Waals surface area contributed by atoms with Gasteiger partial charge in [0.05, 0.1) is 11.7 Å². The van der Waals surface area contributed by atoms with Crippen molar-refractivity contribution in [2.45, 2.75) is 32.3 Å². The van der Waals surface area contributed by atoms with Crippen molar-refractivity contribution in [3.63, 3.8) is 0 Å². The van der Waals surface area contributed by atoms with Crippen molar-refractivity contribution in [2.75, 3.05) is 25.0 Å². The molecular formula is C13H20N4O2. The first-order valence-corrected chi connectivity index (χ1v) is 6.75. The maximum absolute atomic E-state index is 11.9. The zero-order valence-electron chi connectivity index (χ0n) is 11.2. The molecule has 1 fully saturated rings. The number of amides is 1. The van der Waals surface area contributed by atoms with Gasteiger partial charge in [0.15, 0.2) is 0 Å². The zero-order valence-corrected chi connectivity index (χ0v) is 11.2. The fourth-order valence-electron chi connectivity index (χ4n) is 1.89. The molecule has 0 radical (unpaired) electrons. The first-order valence-electron chi connectivity index (χ1n) is 6.75. The quantitative estimate of drug-likeness (QED) is 0.807. The number of aromatic nitrogens is 2. The minimum atomic E-state index is -0.155. The molecule has 2 heterocycles. The smallest absolute Gasteiger partial charge is 0.254 e. The number of ether oxygens (including phenoxy) is 1. The Kier molecular flexibility index (Phi) is 5.09. The molecule has 19 heavy (non-hydrogen) atoms. The Balaban J connectivity index is 1.81. The Morgan fingerprint density at radius 3 is 2.89 bits per heavy atom. The Morgan fingerprint density at radius 1 is 1.47 bits per heavy atom. The van der Waals surface area contributed by atoms with Crippen LogP contribution in [0.4, 0.5) is 5.95 Å². The largest absolute Gasteiger partial charge is 0.376 e. The van der Waals surface area contributed by atoms with E-state index in [0.29, 0.717) is 18.1 Å². The minimum Gasteiger partial charge on any atom is -0.376 e. The molecule has 0 bridgehead atoms. The summed E-state index contributed by atoms with van der Waals surface area (Å²) >= 11 is 0. The van der Waals surface area contributed by atoms with Crippen LogP contribution >= 0.6 is 0 Å². The van der Waals surface area contributed by atoms with Gasteiger partial charge in [0, 0.05) is 32.1 Å². The van der Waals surface area contributed by atoms with Crippen molar-refractivity contribution >= 4 is 11.9 Å². The third-order valence-corrected chi connectivity index (χ3v) is 2.96. The van der Waals surface area contributed by atoms with Crippen LogP contribution in [0.15, 0.2) is 12.4 Å². The van der Waals surface area contributed by atoms with Crippen molar-refractivity contribution in [2.24, 2.45) is 0 Å². The summed E-state index contributed by atoms with van der Waals surface area (Å²) in [7, 11) is 0. The monoisotopic (exact) mass is 264 g/mol. The van der Waals surface area contributed by atoms with E-state index in [4.69, 9.17) is 4.74 Å². The number of rotatable bonds is 6. The first kappa shape index (κ1) is 13.7. The van der Waals surface area contributed by atoms with Crippen LogP contribution in [0.5, 0.6) is 0 Å². The molecule has 2 rings (SSSR count). The van der Waals surface area contributed by atoms with Gasteiger partial charge < -0.3 is 15.4 Å². The van der Waals surface area contributed by atoms with Gasteiger partial charge in [0.1, 0.15) is 0 Å². The summed E-state index contributed by atoms with van der Waals surface area (Å²) in [6.45, 7) is 4.24. The van der Waals surface area contributed by atoms with Gasteiger partial charge in [-0.15, -0.1) is 0 Å². The lowest BCUT2D eigenvalue weighted by molar-refractivity contribution is 0.0857. The van der Waals surface area contributed by atoms with Gasteiger partial charge in [-0.3, -0.25) is 4.79 Å². The van der Waals surface area contributed by atoms with E-state index in [2.05, 4.69) is 27.5 Å². The molecule has 0 spiro atoms. The van der Waals surface area contributed by atoms with Gasteiger partial charge in [-0.1, -0.05) is 6.92 Å². The summed E-state index contributed by atoms with van der Waals surface area (Å²) in [5.74, 6) is 0.398. The van der Waals surface area contributed by atoms with E-state index in [1.807, 2.05) is 0 Å². The lowest BCUT2D eigenvalue weighted by Gasteiger charge is -2.10. The summed E-state index contributed by atoms with van der Waals surface area (Å²) in [6, 6.07) is 0. The number of carbonyl (C=O) groups is 1. The second-order valence-electron chi connectivity index (χ2n) is 4.57. The molecule has 1 aliphatic rings. The van der Waals surface area contributed by atoms with E-state index < -0.39 is 0 Å². The SMILES string of the molecule is CCCNc1ncc(C(=O)NCC2CCCO2)cn1. The van der Waals surface area contributed by atoms with Crippen molar-refractivity contribution in [1.82, 2.24) is 15.3 Å². The van der Waals surface area contributed by atoms with E-state index in [-0.39, 0.29) is 12.0 Å². The Hall–Kier alpha value is -1.69. The summed E-state index contributed by atoms with van der Waals surface area (Å²) in [6.07, 6.45) is 6.31. The number of nitrogens with one attached hydrogen (secondary N) is 2. The molecule has 1 aliphatic heterocycles. The lowest BCUT2D eigenvalue weighted by atomic mass is 10.2. The van der Waals surface area contributed by atoms with Crippen molar-refractivity contribution in [3.05, 3.63) is 18.0 Å². The van der Waals surface area contributed by atoms with Gasteiger partial charge in [-0.25, -0.2) is 9.97 Å². The van der Waals surface area contributed by atoms with E-state index in [1.165, 1.54) is 12.4 Å². The molecule has 0 aliphatic carbocycles. The molecule has 0 saturated carbocycles. The predicted molar refractivity (Wildman–Crippen MR) is 72.1 cm³/mol. The van der Waals surface area contributed by atoms with Gasteiger partial charge >= 0.3 is 0 Å². The Labute approximate surface area is 113 Å². The molecular weight excluding hydrogens is 244 g/mol. The number of hydrogen-bond acceptors (Lipinski definition) is 5. The third-order valence-electron chi connectivity index (χ3n) is 2.96. The zero-order chi connectivity index (χ0) is 13.5. The molecule has 2 N–H and O–H groups in total. The fraction of sp³-hybridized carbons (Fsp3) is 0.615. The van der Waals surface area contributed by atoms with Crippen LogP contribution in [0.1, 0.15) is 36.5 Å². The maximum Gasteiger partial charge on any atom is 0.254 e. The van der Waals surface area contributed by atoms with Crippen LogP contribution in [0.2, 0.25) is 0 Å². The fourth-order valence-corrected chi connectivity index (χ4v) is 1.89. The van der Waals surface area contributed by atoms with Crippen molar-refractivity contribution < 1.29 is 9.53 Å². The Morgan fingerprint density at radius 2 is 2.26 bits per heavy atom. The standard InChI is InChI=1S/C13H20N4O2/c1-2-5-14-13-16-7-10(8-17-13)12(18)15-9-11-4-3-6-19-11/h7-8,11H,2-6,9H2,1H3,(H,15,18)(H,14,16,17). The molecule has 104 valence electrons. The van der Waals surface area contributed by atoms with Crippen LogP contribution in [0.3, 0.4) is 0 Å². The summed E-state index contributed by atoms with van der Waals surface area (Å²) in [4.78, 5) is 20.1. The molecule has 1 aromatic rings. The van der Waals surface area contributed by atoms with Crippen molar-refractivity contribution in [1.29, 1.82) is 0 Å². The number of hydrogen-bond donors (Lipinski definition) is 2. The second-order valence-corrected chi connectivity index (χ2v) is 4.57. The van der Waals surface area contributed by atoms with Crippen molar-refractivity contribution in [3.8, 4) is 0 Å². The van der Waals surface area contributed by atoms with Gasteiger partial charge in [-0.2, -0.15) is 0 Å². The summed E-state index contributed by atoms with van der Waals surface area (Å²) in [5.41, 5.74) is 0.472. The highest BCUT2D eigenvalue weighted by Crippen LogP contribution is 2.10. The average molecular weight is 264 g/mol. The third kappa shape index (κ3) is 4.17. The molecule has 6 heteroatoms. The van der Waals surface area contributed by atoms with Gasteiger partial charge in [0.25, 0.3) is 5.91 Å². The van der Waals surface area contributed by atoms with E-state index in [1.54, 1.807) is 0 Å². The topological polar surface area (TPSA) is 76.1 Å². The maximum atomic E-state index is 11.9. The molecule has 1 aromatic heterocycles. The average Bonchev–Trinajstić information content (AvgIpc) is 2.96. The van der Waals surface area contributed by atoms with E-state index in [9.17, 15) is 4.79 Å². The predicted octanol–water partition coefficient (Wildman–Crippen LogP) is 1.21. The normalized spacial score (nSPS) is 18.3. The highest BCUT2D eigenvalue weighted by molar-refractivity contribution is 5.93. The summed E-state index contributed by atoms with van der Waals surface area (Å²) in [5, 5.41) is 5.90. The number of nitrogens with zero attached hydrogens (tertiary/aromatic N) is 2.